The molecule has 2 amide bonds. The summed E-state index contributed by atoms with van der Waals surface area (Å²) >= 11 is 0. The maximum atomic E-state index is 12.0. The molecule has 1 aliphatic rings. The van der Waals surface area contributed by atoms with Crippen LogP contribution in [-0.2, 0) is 6.42 Å². The number of carbonyl (C=O) groups excluding carboxylic acids is 1. The van der Waals surface area contributed by atoms with Gasteiger partial charge in [0.15, 0.2) is 0 Å². The summed E-state index contributed by atoms with van der Waals surface area (Å²) in [4.78, 5) is 12.0. The molecule has 3 nitrogen and oxygen atoms in total. The highest BCUT2D eigenvalue weighted by Gasteiger charge is 2.15. The van der Waals surface area contributed by atoms with Gasteiger partial charge in [0, 0.05) is 12.1 Å². The minimum atomic E-state index is 0.00228. The Kier molecular flexibility index (Phi) is 6.58. The Morgan fingerprint density at radius 1 is 1.14 bits per heavy atom. The average molecular weight is 288 g/mol. The van der Waals surface area contributed by atoms with E-state index in [9.17, 15) is 4.79 Å². The predicted molar refractivity (Wildman–Crippen MR) is 87.4 cm³/mol. The van der Waals surface area contributed by atoms with Crippen molar-refractivity contribution in [3.63, 3.8) is 0 Å². The van der Waals surface area contributed by atoms with E-state index < -0.39 is 0 Å². The minimum Gasteiger partial charge on any atom is -0.336 e. The molecule has 1 aromatic carbocycles. The van der Waals surface area contributed by atoms with Gasteiger partial charge in [-0.2, -0.15) is 0 Å². The molecule has 0 aromatic heterocycles. The van der Waals surface area contributed by atoms with E-state index >= 15 is 0 Å². The van der Waals surface area contributed by atoms with E-state index in [-0.39, 0.29) is 12.1 Å². The Morgan fingerprint density at radius 2 is 1.81 bits per heavy atom. The lowest BCUT2D eigenvalue weighted by molar-refractivity contribution is 0.232. The van der Waals surface area contributed by atoms with E-state index in [0.717, 1.165) is 25.7 Å². The molecule has 2 rings (SSSR count). The summed E-state index contributed by atoms with van der Waals surface area (Å²) in [6.07, 6.45) is 9.36. The third kappa shape index (κ3) is 6.19. The summed E-state index contributed by atoms with van der Waals surface area (Å²) in [6.45, 7) is 2.08. The van der Waals surface area contributed by atoms with Gasteiger partial charge in [0.1, 0.15) is 0 Å². The van der Waals surface area contributed by atoms with Gasteiger partial charge in [-0.15, -0.1) is 0 Å². The van der Waals surface area contributed by atoms with Crippen molar-refractivity contribution in [1.29, 1.82) is 0 Å². The highest BCUT2D eigenvalue weighted by molar-refractivity contribution is 5.74. The van der Waals surface area contributed by atoms with Crippen LogP contribution in [0.5, 0.6) is 0 Å². The Morgan fingerprint density at radius 3 is 2.48 bits per heavy atom. The van der Waals surface area contributed by atoms with E-state index in [4.69, 9.17) is 0 Å². The molecule has 0 bridgehead atoms. The van der Waals surface area contributed by atoms with Crippen molar-refractivity contribution in [2.45, 2.75) is 70.4 Å². The van der Waals surface area contributed by atoms with Crippen LogP contribution in [0.4, 0.5) is 4.79 Å². The molecule has 0 unspecified atom stereocenters. The van der Waals surface area contributed by atoms with Crippen molar-refractivity contribution < 1.29 is 4.79 Å². The molecule has 116 valence electrons. The number of rotatable bonds is 5. The second-order valence-electron chi connectivity index (χ2n) is 6.23. The SMILES string of the molecule is C[C@@H](CCc1ccccc1)NC(=O)NC1CCCCCC1. The van der Waals surface area contributed by atoms with Gasteiger partial charge < -0.3 is 10.6 Å². The number of nitrogens with one attached hydrogen (secondary N) is 2. The molecule has 0 heterocycles. The molecule has 21 heavy (non-hydrogen) atoms. The molecule has 1 atom stereocenters. The first-order valence-electron chi connectivity index (χ1n) is 8.35. The van der Waals surface area contributed by atoms with Gasteiger partial charge in [0.05, 0.1) is 0 Å². The van der Waals surface area contributed by atoms with Crippen molar-refractivity contribution in [3.05, 3.63) is 35.9 Å². The first kappa shape index (κ1) is 15.9. The predicted octanol–water partition coefficient (Wildman–Crippen LogP) is 4.03. The summed E-state index contributed by atoms with van der Waals surface area (Å²) in [6, 6.07) is 11.0. The molecule has 0 aliphatic heterocycles. The third-order valence-corrected chi connectivity index (χ3v) is 4.28. The van der Waals surface area contributed by atoms with Crippen LogP contribution in [0, 0.1) is 0 Å². The van der Waals surface area contributed by atoms with Crippen molar-refractivity contribution in [2.75, 3.05) is 0 Å². The highest BCUT2D eigenvalue weighted by Crippen LogP contribution is 2.17. The van der Waals surface area contributed by atoms with Crippen molar-refractivity contribution in [1.82, 2.24) is 10.6 Å². The standard InChI is InChI=1S/C18H28N2O/c1-15(13-14-16-9-5-4-6-10-16)19-18(21)20-17-11-7-2-3-8-12-17/h4-6,9-10,15,17H,2-3,7-8,11-14H2,1H3,(H2,19,20,21)/t15-/m0/s1. The van der Waals surface area contributed by atoms with Crippen LogP contribution in [0.2, 0.25) is 0 Å². The topological polar surface area (TPSA) is 41.1 Å². The van der Waals surface area contributed by atoms with Gasteiger partial charge in [0.25, 0.3) is 0 Å². The van der Waals surface area contributed by atoms with Gasteiger partial charge in [0.2, 0.25) is 0 Å². The van der Waals surface area contributed by atoms with E-state index in [2.05, 4.69) is 41.8 Å². The monoisotopic (exact) mass is 288 g/mol. The van der Waals surface area contributed by atoms with Gasteiger partial charge in [-0.05, 0) is 38.2 Å². The summed E-state index contributed by atoms with van der Waals surface area (Å²) in [5.74, 6) is 0. The van der Waals surface area contributed by atoms with E-state index in [1.807, 2.05) is 6.07 Å². The van der Waals surface area contributed by atoms with Crippen LogP contribution in [0.25, 0.3) is 0 Å². The van der Waals surface area contributed by atoms with Gasteiger partial charge in [-0.3, -0.25) is 0 Å². The number of urea groups is 1. The van der Waals surface area contributed by atoms with E-state index in [1.165, 1.54) is 31.2 Å². The Labute approximate surface area is 128 Å². The fourth-order valence-electron chi connectivity index (χ4n) is 2.97. The summed E-state index contributed by atoms with van der Waals surface area (Å²) in [5.41, 5.74) is 1.33. The third-order valence-electron chi connectivity index (χ3n) is 4.28. The number of amides is 2. The number of carbonyl (C=O) groups is 1. The first-order valence-corrected chi connectivity index (χ1v) is 8.35. The zero-order valence-corrected chi connectivity index (χ0v) is 13.1. The quantitative estimate of drug-likeness (QED) is 0.789. The summed E-state index contributed by atoms with van der Waals surface area (Å²) in [7, 11) is 0. The van der Waals surface area contributed by atoms with Crippen LogP contribution in [0.3, 0.4) is 0 Å². The normalized spacial score (nSPS) is 17.8. The number of hydrogen-bond donors (Lipinski definition) is 2. The van der Waals surface area contributed by atoms with Crippen molar-refractivity contribution in [2.24, 2.45) is 0 Å². The molecular weight excluding hydrogens is 260 g/mol. The van der Waals surface area contributed by atoms with Gasteiger partial charge in [-0.1, -0.05) is 56.0 Å². The Balaban J connectivity index is 1.66. The van der Waals surface area contributed by atoms with Crippen LogP contribution in [-0.4, -0.2) is 18.1 Å². The maximum absolute atomic E-state index is 12.0. The van der Waals surface area contributed by atoms with Crippen molar-refractivity contribution in [3.8, 4) is 0 Å². The molecule has 0 saturated heterocycles. The molecule has 0 spiro atoms. The Hall–Kier alpha value is -1.51. The molecule has 1 aliphatic carbocycles. The van der Waals surface area contributed by atoms with Crippen LogP contribution < -0.4 is 10.6 Å². The molecule has 1 fully saturated rings. The number of aryl methyl sites for hydroxylation is 1. The maximum Gasteiger partial charge on any atom is 0.315 e. The summed E-state index contributed by atoms with van der Waals surface area (Å²) < 4.78 is 0. The zero-order chi connectivity index (χ0) is 14.9. The molecule has 1 aromatic rings. The van der Waals surface area contributed by atoms with E-state index in [0.29, 0.717) is 6.04 Å². The van der Waals surface area contributed by atoms with E-state index in [1.54, 1.807) is 0 Å². The lowest BCUT2D eigenvalue weighted by Crippen LogP contribution is -2.45. The number of hydrogen-bond acceptors (Lipinski definition) is 1. The fraction of sp³-hybridized carbons (Fsp3) is 0.611. The van der Waals surface area contributed by atoms with Crippen LogP contribution >= 0.6 is 0 Å². The van der Waals surface area contributed by atoms with Gasteiger partial charge in [-0.25, -0.2) is 4.79 Å². The van der Waals surface area contributed by atoms with Crippen LogP contribution in [0.15, 0.2) is 30.3 Å². The fourth-order valence-corrected chi connectivity index (χ4v) is 2.97. The van der Waals surface area contributed by atoms with Crippen molar-refractivity contribution >= 4 is 6.03 Å². The summed E-state index contributed by atoms with van der Waals surface area (Å²) in [5, 5.41) is 6.21. The minimum absolute atomic E-state index is 0.00228. The molecular formula is C18H28N2O. The zero-order valence-electron chi connectivity index (χ0n) is 13.1. The largest absolute Gasteiger partial charge is 0.336 e. The smallest absolute Gasteiger partial charge is 0.315 e. The first-order chi connectivity index (χ1) is 10.2. The lowest BCUT2D eigenvalue weighted by Gasteiger charge is -2.19. The molecule has 3 heteroatoms. The lowest BCUT2D eigenvalue weighted by atomic mass is 10.1. The molecule has 2 N–H and O–H groups in total. The Bertz CT molecular complexity index is 410. The van der Waals surface area contributed by atoms with Crippen LogP contribution in [0.1, 0.15) is 57.4 Å². The highest BCUT2D eigenvalue weighted by atomic mass is 16.2. The second kappa shape index (κ2) is 8.71. The number of benzene rings is 1. The average Bonchev–Trinajstić information content (AvgIpc) is 2.75. The second-order valence-corrected chi connectivity index (χ2v) is 6.23. The molecule has 1 saturated carbocycles. The molecule has 0 radical (unpaired) electrons. The van der Waals surface area contributed by atoms with Gasteiger partial charge >= 0.3 is 6.03 Å².